The van der Waals surface area contributed by atoms with Gasteiger partial charge >= 0.3 is 0 Å². The molecule has 2 nitrogen and oxygen atoms in total. The van der Waals surface area contributed by atoms with E-state index in [0.717, 1.165) is 5.56 Å². The van der Waals surface area contributed by atoms with E-state index in [1.54, 1.807) is 13.0 Å². The number of amides is 1. The lowest BCUT2D eigenvalue weighted by atomic mass is 10.1. The van der Waals surface area contributed by atoms with Gasteiger partial charge < -0.3 is 5.32 Å². The van der Waals surface area contributed by atoms with Crippen molar-refractivity contribution in [3.63, 3.8) is 0 Å². The molecule has 104 valence electrons. The minimum Gasteiger partial charge on any atom is -0.346 e. The number of benzene rings is 2. The molecular weight excluding hydrogens is 277 g/mol. The first-order valence-corrected chi connectivity index (χ1v) is 6.67. The van der Waals surface area contributed by atoms with Crippen LogP contribution in [0.15, 0.2) is 42.5 Å². The molecule has 20 heavy (non-hydrogen) atoms. The summed E-state index contributed by atoms with van der Waals surface area (Å²) in [5, 5.41) is 3.49. The number of carbonyl (C=O) groups excluding carboxylic acids is 1. The minimum atomic E-state index is -0.315. The zero-order valence-corrected chi connectivity index (χ0v) is 12.0. The van der Waals surface area contributed by atoms with Crippen LogP contribution in [-0.4, -0.2) is 5.91 Å². The van der Waals surface area contributed by atoms with Crippen molar-refractivity contribution in [2.45, 2.75) is 19.9 Å². The number of carbonyl (C=O) groups is 1. The van der Waals surface area contributed by atoms with E-state index in [2.05, 4.69) is 5.32 Å². The second kappa shape index (κ2) is 6.06. The van der Waals surface area contributed by atoms with Crippen LogP contribution in [0.3, 0.4) is 0 Å². The van der Waals surface area contributed by atoms with Crippen molar-refractivity contribution in [1.82, 2.24) is 5.32 Å². The van der Waals surface area contributed by atoms with Crippen LogP contribution in [-0.2, 0) is 0 Å². The quantitative estimate of drug-likeness (QED) is 0.898. The molecule has 0 aromatic heterocycles. The molecule has 1 N–H and O–H groups in total. The molecule has 0 saturated heterocycles. The van der Waals surface area contributed by atoms with Crippen molar-refractivity contribution in [1.29, 1.82) is 0 Å². The Kier molecular flexibility index (Phi) is 4.40. The first-order chi connectivity index (χ1) is 9.47. The van der Waals surface area contributed by atoms with Gasteiger partial charge in [0, 0.05) is 10.6 Å². The zero-order valence-electron chi connectivity index (χ0n) is 11.3. The third kappa shape index (κ3) is 3.36. The van der Waals surface area contributed by atoms with Gasteiger partial charge in [-0.3, -0.25) is 4.79 Å². The Hall–Kier alpha value is -1.87. The largest absolute Gasteiger partial charge is 0.346 e. The predicted octanol–water partition coefficient (Wildman–Crippen LogP) is 4.28. The molecular formula is C16H15ClFNO. The van der Waals surface area contributed by atoms with E-state index in [0.29, 0.717) is 16.1 Å². The molecule has 1 atom stereocenters. The van der Waals surface area contributed by atoms with Gasteiger partial charge in [0.2, 0.25) is 0 Å². The summed E-state index contributed by atoms with van der Waals surface area (Å²) in [4.78, 5) is 12.1. The number of rotatable bonds is 3. The van der Waals surface area contributed by atoms with E-state index >= 15 is 0 Å². The molecule has 2 aromatic rings. The summed E-state index contributed by atoms with van der Waals surface area (Å²) in [6, 6.07) is 11.5. The maximum atomic E-state index is 13.2. The normalized spacial score (nSPS) is 12.0. The molecule has 0 heterocycles. The number of hydrogen-bond acceptors (Lipinski definition) is 1. The monoisotopic (exact) mass is 291 g/mol. The molecule has 0 fully saturated rings. The Balaban J connectivity index is 2.13. The van der Waals surface area contributed by atoms with Gasteiger partial charge in [-0.15, -0.1) is 0 Å². The van der Waals surface area contributed by atoms with E-state index in [4.69, 9.17) is 11.6 Å². The fourth-order valence-electron chi connectivity index (χ4n) is 1.93. The summed E-state index contributed by atoms with van der Waals surface area (Å²) in [5.74, 6) is -0.551. The highest BCUT2D eigenvalue weighted by Gasteiger charge is 2.12. The van der Waals surface area contributed by atoms with Crippen molar-refractivity contribution in [2.75, 3.05) is 0 Å². The summed E-state index contributed by atoms with van der Waals surface area (Å²) < 4.78 is 13.2. The average molecular weight is 292 g/mol. The summed E-state index contributed by atoms with van der Waals surface area (Å²) >= 11 is 5.93. The fourth-order valence-corrected chi connectivity index (χ4v) is 2.12. The van der Waals surface area contributed by atoms with Crippen molar-refractivity contribution >= 4 is 17.5 Å². The van der Waals surface area contributed by atoms with Gasteiger partial charge in [0.1, 0.15) is 5.82 Å². The van der Waals surface area contributed by atoms with Gasteiger partial charge in [0.05, 0.1) is 6.04 Å². The lowest BCUT2D eigenvalue weighted by molar-refractivity contribution is 0.0939. The number of halogens is 2. The smallest absolute Gasteiger partial charge is 0.251 e. The van der Waals surface area contributed by atoms with Crippen LogP contribution in [0.1, 0.15) is 34.5 Å². The number of hydrogen-bond donors (Lipinski definition) is 1. The third-order valence-corrected chi connectivity index (χ3v) is 3.35. The highest BCUT2D eigenvalue weighted by Crippen LogP contribution is 2.18. The van der Waals surface area contributed by atoms with Gasteiger partial charge in [-0.1, -0.05) is 23.7 Å². The van der Waals surface area contributed by atoms with Gasteiger partial charge in [0.15, 0.2) is 0 Å². The van der Waals surface area contributed by atoms with E-state index in [1.807, 2.05) is 25.1 Å². The Morgan fingerprint density at radius 1 is 1.25 bits per heavy atom. The molecule has 2 aromatic carbocycles. The van der Waals surface area contributed by atoms with Crippen LogP contribution in [0, 0.1) is 12.7 Å². The van der Waals surface area contributed by atoms with Crippen molar-refractivity contribution < 1.29 is 9.18 Å². The van der Waals surface area contributed by atoms with Gasteiger partial charge in [-0.05, 0) is 55.3 Å². The van der Waals surface area contributed by atoms with Gasteiger partial charge in [-0.25, -0.2) is 4.39 Å². The van der Waals surface area contributed by atoms with E-state index in [9.17, 15) is 9.18 Å². The Morgan fingerprint density at radius 3 is 2.65 bits per heavy atom. The molecule has 0 bridgehead atoms. The van der Waals surface area contributed by atoms with Crippen LogP contribution in [0.4, 0.5) is 4.39 Å². The lowest BCUT2D eigenvalue weighted by Crippen LogP contribution is -2.26. The van der Waals surface area contributed by atoms with E-state index in [1.165, 1.54) is 18.2 Å². The Labute approximate surface area is 122 Å². The second-order valence-corrected chi connectivity index (χ2v) is 5.15. The lowest BCUT2D eigenvalue weighted by Gasteiger charge is -2.15. The maximum Gasteiger partial charge on any atom is 0.251 e. The second-order valence-electron chi connectivity index (χ2n) is 4.71. The first-order valence-electron chi connectivity index (χ1n) is 6.30. The van der Waals surface area contributed by atoms with Crippen molar-refractivity contribution in [3.05, 3.63) is 70.0 Å². The molecule has 0 radical (unpaired) electrons. The summed E-state index contributed by atoms with van der Waals surface area (Å²) in [5.41, 5.74) is 1.82. The van der Waals surface area contributed by atoms with Crippen LogP contribution < -0.4 is 5.32 Å². The third-order valence-electron chi connectivity index (χ3n) is 3.12. The maximum absolute atomic E-state index is 13.2. The number of nitrogens with one attached hydrogen (secondary N) is 1. The number of aryl methyl sites for hydroxylation is 1. The highest BCUT2D eigenvalue weighted by molar-refractivity contribution is 6.30. The van der Waals surface area contributed by atoms with Crippen molar-refractivity contribution in [3.8, 4) is 0 Å². The summed E-state index contributed by atoms with van der Waals surface area (Å²) in [7, 11) is 0. The van der Waals surface area contributed by atoms with Crippen LogP contribution in [0.5, 0.6) is 0 Å². The minimum absolute atomic E-state index is 0.174. The van der Waals surface area contributed by atoms with Gasteiger partial charge in [-0.2, -0.15) is 0 Å². The molecule has 2 rings (SSSR count). The molecule has 0 spiro atoms. The molecule has 0 aliphatic rings. The van der Waals surface area contributed by atoms with E-state index in [-0.39, 0.29) is 17.8 Å². The predicted molar refractivity (Wildman–Crippen MR) is 78.5 cm³/mol. The SMILES string of the molecule is Cc1cc(C(=O)NC(C)c2cccc(Cl)c2)ccc1F. The van der Waals surface area contributed by atoms with Gasteiger partial charge in [0.25, 0.3) is 5.91 Å². The average Bonchev–Trinajstić information content (AvgIpc) is 2.41. The topological polar surface area (TPSA) is 29.1 Å². The van der Waals surface area contributed by atoms with Crippen molar-refractivity contribution in [2.24, 2.45) is 0 Å². The molecule has 0 saturated carbocycles. The zero-order chi connectivity index (χ0) is 14.7. The molecule has 4 heteroatoms. The van der Waals surface area contributed by atoms with E-state index < -0.39 is 0 Å². The summed E-state index contributed by atoms with van der Waals surface area (Å²) in [6.45, 7) is 3.51. The molecule has 0 aliphatic carbocycles. The summed E-state index contributed by atoms with van der Waals surface area (Å²) in [6.07, 6.45) is 0. The first kappa shape index (κ1) is 14.5. The Morgan fingerprint density at radius 2 is 2.00 bits per heavy atom. The fraction of sp³-hybridized carbons (Fsp3) is 0.188. The Bertz CT molecular complexity index is 642. The molecule has 1 unspecified atom stereocenters. The highest BCUT2D eigenvalue weighted by atomic mass is 35.5. The van der Waals surface area contributed by atoms with Crippen LogP contribution in [0.2, 0.25) is 5.02 Å². The van der Waals surface area contributed by atoms with Crippen LogP contribution in [0.25, 0.3) is 0 Å². The van der Waals surface area contributed by atoms with Crippen LogP contribution >= 0.6 is 11.6 Å². The molecule has 0 aliphatic heterocycles. The standard InChI is InChI=1S/C16H15ClFNO/c1-10-8-13(6-7-15(10)18)16(20)19-11(2)12-4-3-5-14(17)9-12/h3-9,11H,1-2H3,(H,19,20). The molecule has 1 amide bonds.